The number of nitrogens with one attached hydrogen (secondary N) is 2. The minimum atomic E-state index is -3.40. The molecule has 38 heavy (non-hydrogen) atoms. The summed E-state index contributed by atoms with van der Waals surface area (Å²) in [7, 11) is -3.40. The lowest BCUT2D eigenvalue weighted by molar-refractivity contribution is 0.565. The number of pyridine rings is 2. The maximum atomic E-state index is 11.8. The third-order valence-electron chi connectivity index (χ3n) is 6.86. The summed E-state index contributed by atoms with van der Waals surface area (Å²) in [6.45, 7) is 8.13. The molecular formula is C28H30N6O2S2. The van der Waals surface area contributed by atoms with Crippen LogP contribution in [0.15, 0.2) is 67.0 Å². The molecule has 3 aromatic heterocycles. The number of hydrogen-bond donors (Lipinski definition) is 2. The lowest BCUT2D eigenvalue weighted by Crippen LogP contribution is -2.29. The number of aryl methyl sites for hydroxylation is 3. The summed E-state index contributed by atoms with van der Waals surface area (Å²) in [5, 5.41) is 4.08. The van der Waals surface area contributed by atoms with E-state index in [-0.39, 0.29) is 12.1 Å². The van der Waals surface area contributed by atoms with Gasteiger partial charge in [0.2, 0.25) is 10.0 Å². The molecule has 2 atom stereocenters. The van der Waals surface area contributed by atoms with Crippen molar-refractivity contribution in [2.45, 2.75) is 39.8 Å². The van der Waals surface area contributed by atoms with Crippen molar-refractivity contribution in [1.29, 1.82) is 0 Å². The summed E-state index contributed by atoms with van der Waals surface area (Å²) in [6.07, 6.45) is 4.74. The van der Waals surface area contributed by atoms with Gasteiger partial charge in [0.25, 0.3) is 0 Å². The zero-order valence-corrected chi connectivity index (χ0v) is 23.6. The molecule has 0 amide bonds. The fourth-order valence-electron chi connectivity index (χ4n) is 5.19. The highest BCUT2D eigenvalue weighted by Crippen LogP contribution is 2.44. The van der Waals surface area contributed by atoms with Gasteiger partial charge in [-0.3, -0.25) is 9.71 Å². The predicted octanol–water partition coefficient (Wildman–Crippen LogP) is 5.05. The Balaban J connectivity index is 1.66. The Morgan fingerprint density at radius 3 is 2.37 bits per heavy atom. The number of nitrogens with zero attached hydrogens (tertiary/aromatic N) is 4. The second-order valence-electron chi connectivity index (χ2n) is 9.68. The number of thiocarbonyl (C=S) groups is 1. The maximum absolute atomic E-state index is 11.8. The summed E-state index contributed by atoms with van der Waals surface area (Å²) >= 11 is 5.89. The largest absolute Gasteiger partial charge is 0.351 e. The van der Waals surface area contributed by atoms with E-state index in [0.717, 1.165) is 51.5 Å². The molecule has 1 aliphatic rings. The quantitative estimate of drug-likeness (QED) is 0.327. The normalized spacial score (nSPS) is 17.5. The van der Waals surface area contributed by atoms with Gasteiger partial charge in [0.1, 0.15) is 5.82 Å². The van der Waals surface area contributed by atoms with Crippen LogP contribution in [-0.4, -0.2) is 34.3 Å². The summed E-state index contributed by atoms with van der Waals surface area (Å²) < 4.78 is 28.4. The number of rotatable bonds is 6. The van der Waals surface area contributed by atoms with E-state index in [1.165, 1.54) is 0 Å². The van der Waals surface area contributed by atoms with E-state index in [0.29, 0.717) is 10.8 Å². The minimum absolute atomic E-state index is 0.198. The monoisotopic (exact) mass is 546 g/mol. The van der Waals surface area contributed by atoms with Crippen LogP contribution in [0.5, 0.6) is 0 Å². The SMILES string of the molecule is Cc1cc(N2C(=S)N[C@H](c3ccccn3)[C@@H]2c2cc(C)n(-c3ncccc3C)c2C)ccc1NS(C)(=O)=O. The Kier molecular flexibility index (Phi) is 6.70. The molecule has 0 radical (unpaired) electrons. The molecule has 0 spiro atoms. The van der Waals surface area contributed by atoms with Gasteiger partial charge in [-0.2, -0.15) is 0 Å². The lowest BCUT2D eigenvalue weighted by atomic mass is 9.96. The maximum Gasteiger partial charge on any atom is 0.229 e. The van der Waals surface area contributed by atoms with E-state index in [1.807, 2.05) is 49.5 Å². The van der Waals surface area contributed by atoms with Crippen molar-refractivity contribution in [3.8, 4) is 5.82 Å². The summed E-state index contributed by atoms with van der Waals surface area (Å²) in [5.74, 6) is 0.898. The minimum Gasteiger partial charge on any atom is -0.351 e. The Bertz CT molecular complexity index is 1630. The first-order valence-corrected chi connectivity index (χ1v) is 14.5. The van der Waals surface area contributed by atoms with Gasteiger partial charge in [0, 0.05) is 29.5 Å². The molecule has 1 saturated heterocycles. The third kappa shape index (κ3) is 4.77. The second-order valence-corrected chi connectivity index (χ2v) is 11.8. The van der Waals surface area contributed by atoms with Crippen LogP contribution in [0.4, 0.5) is 11.4 Å². The molecule has 0 bridgehead atoms. The van der Waals surface area contributed by atoms with E-state index in [2.05, 4.69) is 62.4 Å². The fraction of sp³-hybridized carbons (Fsp3) is 0.250. The number of hydrogen-bond acceptors (Lipinski definition) is 5. The number of benzene rings is 1. The first-order chi connectivity index (χ1) is 18.0. The van der Waals surface area contributed by atoms with Gasteiger partial charge in [0.15, 0.2) is 5.11 Å². The van der Waals surface area contributed by atoms with Crippen LogP contribution in [0.2, 0.25) is 0 Å². The van der Waals surface area contributed by atoms with Gasteiger partial charge in [-0.1, -0.05) is 12.1 Å². The topological polar surface area (TPSA) is 92.2 Å². The van der Waals surface area contributed by atoms with Gasteiger partial charge in [-0.15, -0.1) is 0 Å². The van der Waals surface area contributed by atoms with Crippen LogP contribution in [0.25, 0.3) is 5.82 Å². The molecule has 196 valence electrons. The average molecular weight is 547 g/mol. The standard InChI is InChI=1S/C28H30N6O2S2/c1-17-9-8-14-30-27(17)33-19(3)16-22(20(33)4)26-25(24-10-6-7-13-29-24)31-28(37)34(26)21-11-12-23(18(2)15-21)32-38(5,35)36/h6-16,25-26,32H,1-5H3,(H,31,37)/t25-,26+/m1/s1. The highest BCUT2D eigenvalue weighted by atomic mass is 32.2. The second kappa shape index (κ2) is 9.85. The van der Waals surface area contributed by atoms with Crippen molar-refractivity contribution in [2.24, 2.45) is 0 Å². The van der Waals surface area contributed by atoms with E-state index in [1.54, 1.807) is 12.3 Å². The zero-order valence-electron chi connectivity index (χ0n) is 21.9. The molecule has 8 nitrogen and oxygen atoms in total. The summed E-state index contributed by atoms with van der Waals surface area (Å²) in [6, 6.07) is 17.3. The molecule has 0 unspecified atom stereocenters. The van der Waals surface area contributed by atoms with Gasteiger partial charge in [-0.25, -0.2) is 13.4 Å². The molecule has 10 heteroatoms. The third-order valence-corrected chi connectivity index (χ3v) is 7.77. The molecule has 1 fully saturated rings. The molecule has 2 N–H and O–H groups in total. The first-order valence-electron chi connectivity index (χ1n) is 12.2. The van der Waals surface area contributed by atoms with Crippen molar-refractivity contribution < 1.29 is 8.42 Å². The predicted molar refractivity (Wildman–Crippen MR) is 155 cm³/mol. The molecule has 0 saturated carbocycles. The molecule has 4 heterocycles. The molecule has 1 aromatic carbocycles. The van der Waals surface area contributed by atoms with Crippen LogP contribution in [0.1, 0.15) is 45.9 Å². The Labute approximate surface area is 228 Å². The summed E-state index contributed by atoms with van der Waals surface area (Å²) in [5.41, 5.74) is 7.41. The van der Waals surface area contributed by atoms with E-state index < -0.39 is 10.0 Å². The zero-order chi connectivity index (χ0) is 27.2. The Morgan fingerprint density at radius 2 is 1.71 bits per heavy atom. The fourth-order valence-corrected chi connectivity index (χ4v) is 6.16. The summed E-state index contributed by atoms with van der Waals surface area (Å²) in [4.78, 5) is 11.4. The van der Waals surface area contributed by atoms with E-state index >= 15 is 0 Å². The van der Waals surface area contributed by atoms with Crippen LogP contribution < -0.4 is 14.9 Å². The van der Waals surface area contributed by atoms with Crippen LogP contribution >= 0.6 is 12.2 Å². The smallest absolute Gasteiger partial charge is 0.229 e. The molecule has 0 aliphatic carbocycles. The van der Waals surface area contributed by atoms with Crippen molar-refractivity contribution in [3.05, 3.63) is 101 Å². The molecule has 1 aliphatic heterocycles. The lowest BCUT2D eigenvalue weighted by Gasteiger charge is -2.29. The van der Waals surface area contributed by atoms with Crippen LogP contribution in [-0.2, 0) is 10.0 Å². The van der Waals surface area contributed by atoms with Gasteiger partial charge in [-0.05, 0) is 99.1 Å². The Morgan fingerprint density at radius 1 is 0.947 bits per heavy atom. The molecule has 4 aromatic rings. The van der Waals surface area contributed by atoms with E-state index in [9.17, 15) is 8.42 Å². The highest BCUT2D eigenvalue weighted by Gasteiger charge is 2.42. The number of aromatic nitrogens is 3. The van der Waals surface area contributed by atoms with Gasteiger partial charge in [0.05, 0.1) is 29.7 Å². The first kappa shape index (κ1) is 25.9. The Hall–Kier alpha value is -3.76. The van der Waals surface area contributed by atoms with E-state index in [4.69, 9.17) is 12.2 Å². The van der Waals surface area contributed by atoms with Gasteiger partial charge >= 0.3 is 0 Å². The van der Waals surface area contributed by atoms with Gasteiger partial charge < -0.3 is 14.8 Å². The number of sulfonamides is 1. The number of anilines is 2. The van der Waals surface area contributed by atoms with Crippen molar-refractivity contribution >= 4 is 38.7 Å². The van der Waals surface area contributed by atoms with Crippen molar-refractivity contribution in [1.82, 2.24) is 19.9 Å². The van der Waals surface area contributed by atoms with Crippen molar-refractivity contribution in [2.75, 3.05) is 15.9 Å². The van der Waals surface area contributed by atoms with Crippen LogP contribution in [0.3, 0.4) is 0 Å². The molecular weight excluding hydrogens is 516 g/mol. The highest BCUT2D eigenvalue weighted by molar-refractivity contribution is 7.92. The van der Waals surface area contributed by atoms with Crippen molar-refractivity contribution in [3.63, 3.8) is 0 Å². The average Bonchev–Trinajstić information content (AvgIpc) is 3.36. The molecule has 5 rings (SSSR count). The van der Waals surface area contributed by atoms with Crippen LogP contribution in [0, 0.1) is 27.7 Å².